The molecule has 0 aromatic heterocycles. The molecule has 0 heterocycles. The fourth-order valence-corrected chi connectivity index (χ4v) is 2.35. The minimum Gasteiger partial charge on any atom is -0.481 e. The second-order valence-corrected chi connectivity index (χ2v) is 4.58. The Labute approximate surface area is 103 Å². The van der Waals surface area contributed by atoms with Gasteiger partial charge >= 0.3 is 5.97 Å². The van der Waals surface area contributed by atoms with E-state index in [1.165, 1.54) is 0 Å². The second-order valence-electron chi connectivity index (χ2n) is 4.58. The van der Waals surface area contributed by atoms with Crippen LogP contribution in [0.1, 0.15) is 42.4 Å². The van der Waals surface area contributed by atoms with Gasteiger partial charge in [-0.25, -0.2) is 0 Å². The van der Waals surface area contributed by atoms with Gasteiger partial charge in [-0.05, 0) is 37.0 Å². The van der Waals surface area contributed by atoms with E-state index >= 15 is 0 Å². The number of benzene rings is 1. The molecule has 0 saturated heterocycles. The minimum atomic E-state index is -0.790. The van der Waals surface area contributed by atoms with Gasteiger partial charge in [-0.15, -0.1) is 0 Å². The van der Waals surface area contributed by atoms with Gasteiger partial charge < -0.3 is 10.8 Å². The number of carboxylic acid groups (broad SMARTS) is 1. The highest BCUT2D eigenvalue weighted by molar-refractivity contribution is 5.68. The molecule has 0 aliphatic carbocycles. The number of carboxylic acids is 1. The van der Waals surface area contributed by atoms with Crippen LogP contribution >= 0.6 is 0 Å². The lowest BCUT2D eigenvalue weighted by Gasteiger charge is -2.25. The van der Waals surface area contributed by atoms with Crippen molar-refractivity contribution in [2.75, 3.05) is 0 Å². The fourth-order valence-electron chi connectivity index (χ4n) is 2.35. The Morgan fingerprint density at radius 3 is 2.29 bits per heavy atom. The molecule has 1 aromatic carbocycles. The van der Waals surface area contributed by atoms with Crippen molar-refractivity contribution in [1.82, 2.24) is 0 Å². The normalized spacial score (nSPS) is 14.4. The molecule has 1 aromatic rings. The molecule has 94 valence electrons. The molecule has 3 nitrogen and oxygen atoms in total. The molecule has 2 unspecified atom stereocenters. The summed E-state index contributed by atoms with van der Waals surface area (Å²) in [5.41, 5.74) is 9.42. The van der Waals surface area contributed by atoms with E-state index < -0.39 is 5.97 Å². The standard InChI is InChI=1S/C14H21NO2/c1-4-12(15)11(8-13(16)17)14-9(2)6-5-7-10(14)3/h5-7,11-12H,4,8,15H2,1-3H3,(H,16,17). The number of hydrogen-bond acceptors (Lipinski definition) is 2. The van der Waals surface area contributed by atoms with E-state index in [-0.39, 0.29) is 18.4 Å². The molecule has 0 bridgehead atoms. The van der Waals surface area contributed by atoms with Crippen molar-refractivity contribution in [2.45, 2.75) is 45.6 Å². The highest BCUT2D eigenvalue weighted by Crippen LogP contribution is 2.29. The maximum absolute atomic E-state index is 11.0. The number of hydrogen-bond donors (Lipinski definition) is 2. The zero-order valence-electron chi connectivity index (χ0n) is 10.7. The number of aryl methyl sites for hydroxylation is 2. The average molecular weight is 235 g/mol. The van der Waals surface area contributed by atoms with Crippen molar-refractivity contribution >= 4 is 5.97 Å². The van der Waals surface area contributed by atoms with Crippen LogP contribution in [0.25, 0.3) is 0 Å². The van der Waals surface area contributed by atoms with Crippen LogP contribution in [-0.4, -0.2) is 17.1 Å². The van der Waals surface area contributed by atoms with E-state index in [1.807, 2.05) is 39.0 Å². The van der Waals surface area contributed by atoms with Crippen molar-refractivity contribution in [1.29, 1.82) is 0 Å². The summed E-state index contributed by atoms with van der Waals surface area (Å²) in [5.74, 6) is -0.889. The van der Waals surface area contributed by atoms with Crippen LogP contribution in [0.4, 0.5) is 0 Å². The van der Waals surface area contributed by atoms with Crippen LogP contribution < -0.4 is 5.73 Å². The summed E-state index contributed by atoms with van der Waals surface area (Å²) in [4.78, 5) is 11.0. The lowest BCUT2D eigenvalue weighted by molar-refractivity contribution is -0.137. The van der Waals surface area contributed by atoms with Gasteiger partial charge in [-0.1, -0.05) is 25.1 Å². The Bertz CT molecular complexity index is 381. The van der Waals surface area contributed by atoms with Gasteiger partial charge in [-0.2, -0.15) is 0 Å². The van der Waals surface area contributed by atoms with Gasteiger partial charge in [0.15, 0.2) is 0 Å². The first-order valence-electron chi connectivity index (χ1n) is 6.00. The number of nitrogens with two attached hydrogens (primary N) is 1. The SMILES string of the molecule is CCC(N)C(CC(=O)O)c1c(C)cccc1C. The maximum Gasteiger partial charge on any atom is 0.304 e. The second kappa shape index (κ2) is 5.82. The highest BCUT2D eigenvalue weighted by Gasteiger charge is 2.24. The third-order valence-corrected chi connectivity index (χ3v) is 3.30. The van der Waals surface area contributed by atoms with Gasteiger partial charge in [0, 0.05) is 12.0 Å². The quantitative estimate of drug-likeness (QED) is 0.824. The van der Waals surface area contributed by atoms with Crippen molar-refractivity contribution in [2.24, 2.45) is 5.73 Å². The lowest BCUT2D eigenvalue weighted by Crippen LogP contribution is -2.30. The topological polar surface area (TPSA) is 63.3 Å². The van der Waals surface area contributed by atoms with Crippen LogP contribution in [0.3, 0.4) is 0 Å². The largest absolute Gasteiger partial charge is 0.481 e. The molecule has 17 heavy (non-hydrogen) atoms. The summed E-state index contributed by atoms with van der Waals surface area (Å²) in [6.07, 6.45) is 0.881. The Morgan fingerprint density at radius 2 is 1.88 bits per heavy atom. The van der Waals surface area contributed by atoms with Crippen molar-refractivity contribution in [3.63, 3.8) is 0 Å². The zero-order chi connectivity index (χ0) is 13.0. The van der Waals surface area contributed by atoms with Crippen LogP contribution in [0.5, 0.6) is 0 Å². The smallest absolute Gasteiger partial charge is 0.304 e. The van der Waals surface area contributed by atoms with Crippen LogP contribution in [0.2, 0.25) is 0 Å². The highest BCUT2D eigenvalue weighted by atomic mass is 16.4. The molecule has 2 atom stereocenters. The molecule has 3 heteroatoms. The number of aliphatic carboxylic acids is 1. The van der Waals surface area contributed by atoms with Gasteiger partial charge in [0.25, 0.3) is 0 Å². The zero-order valence-corrected chi connectivity index (χ0v) is 10.7. The molecule has 1 rings (SSSR count). The Kier molecular flexibility index (Phi) is 4.70. The van der Waals surface area contributed by atoms with Crippen LogP contribution in [-0.2, 0) is 4.79 Å². The van der Waals surface area contributed by atoms with Crippen LogP contribution in [0.15, 0.2) is 18.2 Å². The van der Waals surface area contributed by atoms with Crippen molar-refractivity contribution in [3.8, 4) is 0 Å². The molecule has 0 aliphatic heterocycles. The molecule has 0 saturated carbocycles. The van der Waals surface area contributed by atoms with Gasteiger partial charge in [0.2, 0.25) is 0 Å². The van der Waals surface area contributed by atoms with Gasteiger partial charge in [-0.3, -0.25) is 4.79 Å². The summed E-state index contributed by atoms with van der Waals surface area (Å²) in [7, 11) is 0. The Balaban J connectivity index is 3.16. The fraction of sp³-hybridized carbons (Fsp3) is 0.500. The summed E-state index contributed by atoms with van der Waals surface area (Å²) in [6.45, 7) is 6.02. The third-order valence-electron chi connectivity index (χ3n) is 3.30. The van der Waals surface area contributed by atoms with Gasteiger partial charge in [0.1, 0.15) is 0 Å². The molecule has 3 N–H and O–H groups in total. The number of carbonyl (C=O) groups is 1. The maximum atomic E-state index is 11.0. The van der Waals surface area contributed by atoms with Gasteiger partial charge in [0.05, 0.1) is 6.42 Å². The molecule has 0 radical (unpaired) electrons. The summed E-state index contributed by atoms with van der Waals surface area (Å²) in [6, 6.07) is 5.91. The molecule has 0 fully saturated rings. The molecule has 0 amide bonds. The van der Waals surface area contributed by atoms with E-state index in [0.29, 0.717) is 0 Å². The molecular formula is C14H21NO2. The van der Waals surface area contributed by atoms with Crippen molar-refractivity contribution < 1.29 is 9.90 Å². The first kappa shape index (κ1) is 13.7. The minimum absolute atomic E-state index is 0.0979. The molecule has 0 spiro atoms. The van der Waals surface area contributed by atoms with E-state index in [4.69, 9.17) is 10.8 Å². The summed E-state index contributed by atoms with van der Waals surface area (Å²) >= 11 is 0. The van der Waals surface area contributed by atoms with E-state index in [1.54, 1.807) is 0 Å². The first-order valence-corrected chi connectivity index (χ1v) is 6.00. The Morgan fingerprint density at radius 1 is 1.35 bits per heavy atom. The number of rotatable bonds is 5. The van der Waals surface area contributed by atoms with E-state index in [9.17, 15) is 4.79 Å². The lowest BCUT2D eigenvalue weighted by atomic mass is 9.83. The van der Waals surface area contributed by atoms with E-state index in [2.05, 4.69) is 0 Å². The van der Waals surface area contributed by atoms with E-state index in [0.717, 1.165) is 23.1 Å². The monoisotopic (exact) mass is 235 g/mol. The third kappa shape index (κ3) is 3.30. The predicted molar refractivity (Wildman–Crippen MR) is 69.2 cm³/mol. The van der Waals surface area contributed by atoms with Crippen LogP contribution in [0, 0.1) is 13.8 Å². The molecular weight excluding hydrogens is 214 g/mol. The molecule has 0 aliphatic rings. The average Bonchev–Trinajstić information content (AvgIpc) is 2.26. The first-order chi connectivity index (χ1) is 7.97. The Hall–Kier alpha value is -1.35. The summed E-state index contributed by atoms with van der Waals surface area (Å²) < 4.78 is 0. The summed E-state index contributed by atoms with van der Waals surface area (Å²) in [5, 5.41) is 9.02. The van der Waals surface area contributed by atoms with Crippen molar-refractivity contribution in [3.05, 3.63) is 34.9 Å². The predicted octanol–water partition coefficient (Wildman–Crippen LogP) is 2.60.